The summed E-state index contributed by atoms with van der Waals surface area (Å²) in [7, 11) is -1.46. The lowest BCUT2D eigenvalue weighted by Gasteiger charge is -2.05. The van der Waals surface area contributed by atoms with Crippen LogP contribution >= 0.6 is 0 Å². The van der Waals surface area contributed by atoms with Crippen molar-refractivity contribution in [2.75, 3.05) is 11.1 Å². The van der Waals surface area contributed by atoms with Crippen molar-refractivity contribution in [2.45, 2.75) is 5.75 Å². The lowest BCUT2D eigenvalue weighted by Crippen LogP contribution is -2.20. The normalized spacial score (nSPS) is 11.9. The van der Waals surface area contributed by atoms with Gasteiger partial charge in [0.2, 0.25) is 5.91 Å². The van der Waals surface area contributed by atoms with E-state index in [0.717, 1.165) is 0 Å². The van der Waals surface area contributed by atoms with E-state index in [4.69, 9.17) is 0 Å². The fourth-order valence-electron chi connectivity index (χ4n) is 1.77. The van der Waals surface area contributed by atoms with Crippen LogP contribution in [0.3, 0.4) is 0 Å². The van der Waals surface area contributed by atoms with Crippen LogP contribution < -0.4 is 5.32 Å². The molecule has 6 heteroatoms. The highest BCUT2D eigenvalue weighted by Crippen LogP contribution is 2.10. The highest BCUT2D eigenvalue weighted by molar-refractivity contribution is 7.84. The van der Waals surface area contributed by atoms with Gasteiger partial charge in [0.1, 0.15) is 17.4 Å². The second-order valence-electron chi connectivity index (χ2n) is 4.42. The summed E-state index contributed by atoms with van der Waals surface area (Å²) < 4.78 is 37.8. The number of benzene rings is 2. The molecule has 0 heterocycles. The number of halogens is 2. The summed E-state index contributed by atoms with van der Waals surface area (Å²) in [5.74, 6) is -1.49. The predicted octanol–water partition coefficient (Wildman–Crippen LogP) is 2.85. The van der Waals surface area contributed by atoms with Gasteiger partial charge in [-0.1, -0.05) is 18.2 Å². The number of hydrogen-bond donors (Lipinski definition) is 1. The summed E-state index contributed by atoms with van der Waals surface area (Å²) in [6.07, 6.45) is 0. The molecule has 0 bridgehead atoms. The molecule has 1 atom stereocenters. The smallest absolute Gasteiger partial charge is 0.237 e. The van der Waals surface area contributed by atoms with E-state index in [0.29, 0.717) is 11.3 Å². The highest BCUT2D eigenvalue weighted by Gasteiger charge is 2.10. The van der Waals surface area contributed by atoms with Crippen LogP contribution in [0.1, 0.15) is 5.56 Å². The van der Waals surface area contributed by atoms with Gasteiger partial charge < -0.3 is 5.32 Å². The molecule has 0 fully saturated rings. The van der Waals surface area contributed by atoms with Gasteiger partial charge in [0.15, 0.2) is 0 Å². The van der Waals surface area contributed by atoms with Gasteiger partial charge in [-0.25, -0.2) is 8.78 Å². The average Bonchev–Trinajstić information content (AvgIpc) is 2.38. The molecule has 0 saturated heterocycles. The van der Waals surface area contributed by atoms with Gasteiger partial charge in [-0.2, -0.15) is 0 Å². The average molecular weight is 309 g/mol. The largest absolute Gasteiger partial charge is 0.325 e. The summed E-state index contributed by atoms with van der Waals surface area (Å²) in [4.78, 5) is 11.7. The molecule has 2 rings (SSSR count). The first kappa shape index (κ1) is 15.3. The molecule has 0 aliphatic carbocycles. The molecular formula is C15H13F2NO2S. The highest BCUT2D eigenvalue weighted by atomic mass is 32.2. The van der Waals surface area contributed by atoms with Crippen molar-refractivity contribution in [1.29, 1.82) is 0 Å². The Morgan fingerprint density at radius 2 is 1.71 bits per heavy atom. The summed E-state index contributed by atoms with van der Waals surface area (Å²) in [6, 6.07) is 11.2. The van der Waals surface area contributed by atoms with E-state index in [-0.39, 0.29) is 11.5 Å². The van der Waals surface area contributed by atoms with Crippen LogP contribution in [-0.4, -0.2) is 15.9 Å². The Hall–Kier alpha value is -2.08. The number of anilines is 1. The fraction of sp³-hybridized carbons (Fsp3) is 0.133. The zero-order valence-electron chi connectivity index (χ0n) is 11.0. The molecule has 0 aliphatic rings. The van der Waals surface area contributed by atoms with Gasteiger partial charge in [-0.3, -0.25) is 9.00 Å². The molecule has 110 valence electrons. The molecular weight excluding hydrogens is 296 g/mol. The monoisotopic (exact) mass is 309 g/mol. The van der Waals surface area contributed by atoms with Gasteiger partial charge >= 0.3 is 0 Å². The van der Waals surface area contributed by atoms with Crippen molar-refractivity contribution in [3.05, 3.63) is 65.7 Å². The molecule has 0 aromatic heterocycles. The summed E-state index contributed by atoms with van der Waals surface area (Å²) >= 11 is 0. The molecule has 0 radical (unpaired) electrons. The second-order valence-corrected chi connectivity index (χ2v) is 5.87. The number of carbonyl (C=O) groups excluding carboxylic acids is 1. The standard InChI is InChI=1S/C15H13F2NO2S/c16-12-4-1-3-11(7-12)9-21(20)10-15(19)18-14-6-2-5-13(17)8-14/h1-8H,9-10H2,(H,18,19)/t21-/m1/s1. The molecule has 1 N–H and O–H groups in total. The van der Waals surface area contributed by atoms with Crippen molar-refractivity contribution in [1.82, 2.24) is 0 Å². The molecule has 0 unspecified atom stereocenters. The summed E-state index contributed by atoms with van der Waals surface area (Å²) in [5.41, 5.74) is 0.870. The third kappa shape index (κ3) is 5.07. The fourth-order valence-corrected chi connectivity index (χ4v) is 2.79. The molecule has 2 aromatic carbocycles. The van der Waals surface area contributed by atoms with E-state index in [9.17, 15) is 17.8 Å². The van der Waals surface area contributed by atoms with Gasteiger partial charge in [-0.15, -0.1) is 0 Å². The molecule has 3 nitrogen and oxygen atoms in total. The Balaban J connectivity index is 1.89. The molecule has 21 heavy (non-hydrogen) atoms. The Labute approximate surface area is 123 Å². The molecule has 0 aliphatic heterocycles. The minimum absolute atomic E-state index is 0.0916. The van der Waals surface area contributed by atoms with E-state index in [2.05, 4.69) is 5.32 Å². The quantitative estimate of drug-likeness (QED) is 0.923. The number of amides is 1. The van der Waals surface area contributed by atoms with Gasteiger partial charge in [0, 0.05) is 22.2 Å². The first-order chi connectivity index (χ1) is 10.0. The van der Waals surface area contributed by atoms with Crippen molar-refractivity contribution in [3.8, 4) is 0 Å². The van der Waals surface area contributed by atoms with Crippen molar-refractivity contribution in [2.24, 2.45) is 0 Å². The first-order valence-electron chi connectivity index (χ1n) is 6.18. The topological polar surface area (TPSA) is 46.2 Å². The summed E-state index contributed by atoms with van der Waals surface area (Å²) in [5, 5.41) is 2.46. The van der Waals surface area contributed by atoms with Gasteiger partial charge in [-0.05, 0) is 35.9 Å². The molecule has 0 saturated carbocycles. The number of nitrogens with one attached hydrogen (secondary N) is 1. The molecule has 2 aromatic rings. The van der Waals surface area contributed by atoms with Crippen molar-refractivity contribution < 1.29 is 17.8 Å². The molecule has 0 spiro atoms. The van der Waals surface area contributed by atoms with Crippen LogP contribution in [0.25, 0.3) is 0 Å². The summed E-state index contributed by atoms with van der Waals surface area (Å²) in [6.45, 7) is 0. The van der Waals surface area contributed by atoms with E-state index >= 15 is 0 Å². The van der Waals surface area contributed by atoms with Crippen molar-refractivity contribution >= 4 is 22.4 Å². The predicted molar refractivity (Wildman–Crippen MR) is 78.1 cm³/mol. The lowest BCUT2D eigenvalue weighted by atomic mass is 10.2. The van der Waals surface area contributed by atoms with E-state index in [1.54, 1.807) is 6.07 Å². The zero-order valence-corrected chi connectivity index (χ0v) is 11.8. The number of carbonyl (C=O) groups is 1. The van der Waals surface area contributed by atoms with Crippen LogP contribution in [0.2, 0.25) is 0 Å². The van der Waals surface area contributed by atoms with Gasteiger partial charge in [0.25, 0.3) is 0 Å². The minimum Gasteiger partial charge on any atom is -0.325 e. The van der Waals surface area contributed by atoms with Crippen molar-refractivity contribution in [3.63, 3.8) is 0 Å². The van der Waals surface area contributed by atoms with Crippen LogP contribution in [-0.2, 0) is 21.3 Å². The van der Waals surface area contributed by atoms with E-state index in [1.807, 2.05) is 0 Å². The van der Waals surface area contributed by atoms with Gasteiger partial charge in [0.05, 0.1) is 0 Å². The van der Waals surface area contributed by atoms with Crippen LogP contribution in [0, 0.1) is 11.6 Å². The maximum Gasteiger partial charge on any atom is 0.237 e. The van der Waals surface area contributed by atoms with E-state index < -0.39 is 28.3 Å². The SMILES string of the molecule is O=C(C[S@](=O)Cc1cccc(F)c1)Nc1cccc(F)c1. The second kappa shape index (κ2) is 7.08. The zero-order chi connectivity index (χ0) is 15.2. The minimum atomic E-state index is -1.46. The maximum atomic E-state index is 13.0. The first-order valence-corrected chi connectivity index (χ1v) is 7.66. The Morgan fingerprint density at radius 3 is 2.38 bits per heavy atom. The van der Waals surface area contributed by atoms with Crippen LogP contribution in [0.15, 0.2) is 48.5 Å². The maximum absolute atomic E-state index is 13.0. The third-order valence-electron chi connectivity index (χ3n) is 2.62. The van der Waals surface area contributed by atoms with E-state index in [1.165, 1.54) is 42.5 Å². The third-order valence-corrected chi connectivity index (χ3v) is 3.86. The molecule has 1 amide bonds. The Morgan fingerprint density at radius 1 is 1.05 bits per heavy atom. The number of rotatable bonds is 5. The lowest BCUT2D eigenvalue weighted by molar-refractivity contribution is -0.113. The van der Waals surface area contributed by atoms with Crippen LogP contribution in [0.5, 0.6) is 0 Å². The van der Waals surface area contributed by atoms with Crippen LogP contribution in [0.4, 0.5) is 14.5 Å². The number of hydrogen-bond acceptors (Lipinski definition) is 2. The Kier molecular flexibility index (Phi) is 5.16. The Bertz CT molecular complexity index is 619.